The van der Waals surface area contributed by atoms with Gasteiger partial charge in [-0.15, -0.1) is 12.4 Å². The first-order valence-corrected chi connectivity index (χ1v) is 22.0. The Morgan fingerprint density at radius 3 is 2.23 bits per heavy atom. The Balaban J connectivity index is 0.00000700. The molecule has 356 valence electrons. The number of piperazine rings is 1. The third-order valence-corrected chi connectivity index (χ3v) is 14.1. The van der Waals surface area contributed by atoms with Gasteiger partial charge in [-0.05, 0) is 108 Å². The number of ether oxygens (including phenoxy) is 4. The number of piperidine rings is 1. The number of imide groups is 1. The summed E-state index contributed by atoms with van der Waals surface area (Å²) in [6.45, 7) is 12.5. The number of carbonyl (C=O) groups excluding carboxylic acids is 5. The fraction of sp³-hybridized carbons (Fsp3) is 0.614. The summed E-state index contributed by atoms with van der Waals surface area (Å²) in [4.78, 5) is 71.7. The van der Waals surface area contributed by atoms with Gasteiger partial charge in [0.1, 0.15) is 28.8 Å². The number of carbonyl (C=O) groups is 5. The van der Waals surface area contributed by atoms with Gasteiger partial charge in [0.05, 0.1) is 44.0 Å². The van der Waals surface area contributed by atoms with Gasteiger partial charge in [-0.2, -0.15) is 0 Å². The minimum Gasteiger partial charge on any atom is -0.495 e. The lowest BCUT2D eigenvalue weighted by molar-refractivity contribution is -0.199. The highest BCUT2D eigenvalue weighted by atomic mass is 35.5. The van der Waals surface area contributed by atoms with Gasteiger partial charge >= 0.3 is 30.9 Å². The van der Waals surface area contributed by atoms with Crippen molar-refractivity contribution >= 4 is 60.8 Å². The SMILES string of the molecule is COc1c(F)cc(C(NC(=O)N2CCN(C3CCNCC3)C(=O)C2=O)C(=O)NC(Cc2ccc(F)c(C(=O)OC(C)(C)C)c2OC)B2O[C@@H]3C[C@@H]4C[C@@H](C4(C)C)[C@]3(C)O2)c(Cl)c1OC.Cl. The second kappa shape index (κ2) is 19.1. The van der Waals surface area contributed by atoms with Gasteiger partial charge in [0.25, 0.3) is 0 Å². The molecule has 2 aromatic carbocycles. The molecule has 3 saturated carbocycles. The number of nitrogens with one attached hydrogen (secondary N) is 3. The van der Waals surface area contributed by atoms with E-state index in [-0.39, 0.29) is 88.8 Å². The molecule has 65 heavy (non-hydrogen) atoms. The minimum absolute atomic E-state index is 0. The number of benzene rings is 2. The maximum Gasteiger partial charge on any atom is 0.482 e. The molecule has 3 saturated heterocycles. The van der Waals surface area contributed by atoms with E-state index >= 15 is 13.6 Å². The van der Waals surface area contributed by atoms with Crippen molar-refractivity contribution in [2.24, 2.45) is 17.3 Å². The van der Waals surface area contributed by atoms with E-state index < -0.39 is 77.2 Å². The highest BCUT2D eigenvalue weighted by molar-refractivity contribution is 6.48. The smallest absolute Gasteiger partial charge is 0.482 e. The van der Waals surface area contributed by atoms with Crippen LogP contribution < -0.4 is 30.2 Å². The van der Waals surface area contributed by atoms with E-state index in [0.29, 0.717) is 43.2 Å². The van der Waals surface area contributed by atoms with Crippen LogP contribution in [-0.2, 0) is 34.9 Å². The summed E-state index contributed by atoms with van der Waals surface area (Å²) in [6, 6.07) is 0.229. The van der Waals surface area contributed by atoms with Crippen molar-refractivity contribution in [3.63, 3.8) is 0 Å². The topological polar surface area (TPSA) is 183 Å². The number of nitrogens with zero attached hydrogens (tertiary/aromatic N) is 2. The molecular weight excluding hydrogens is 894 g/mol. The molecule has 6 fully saturated rings. The fourth-order valence-corrected chi connectivity index (χ4v) is 10.6. The maximum absolute atomic E-state index is 15.8. The molecule has 2 unspecified atom stereocenters. The van der Waals surface area contributed by atoms with Crippen molar-refractivity contribution in [1.29, 1.82) is 0 Å². The monoisotopic (exact) mass is 951 g/mol. The molecule has 0 aromatic heterocycles. The number of halogens is 4. The molecule has 3 N–H and O–H groups in total. The molecule has 0 spiro atoms. The van der Waals surface area contributed by atoms with Crippen molar-refractivity contribution in [2.45, 2.75) is 109 Å². The lowest BCUT2D eigenvalue weighted by Crippen LogP contribution is -2.65. The molecule has 0 radical (unpaired) electrons. The van der Waals surface area contributed by atoms with Crippen LogP contribution in [0.25, 0.3) is 0 Å². The number of rotatable bonds is 12. The molecule has 2 aromatic rings. The summed E-state index contributed by atoms with van der Waals surface area (Å²) in [6.07, 6.45) is 2.34. The highest BCUT2D eigenvalue weighted by Gasteiger charge is 2.68. The van der Waals surface area contributed by atoms with E-state index in [2.05, 4.69) is 29.8 Å². The van der Waals surface area contributed by atoms with Crippen LogP contribution in [0, 0.1) is 28.9 Å². The molecule has 16 nitrogen and oxygen atoms in total. The number of hydrogen-bond acceptors (Lipinski definition) is 12. The molecule has 3 aliphatic heterocycles. The zero-order valence-electron chi connectivity index (χ0n) is 38.1. The number of hydrogen-bond donors (Lipinski definition) is 3. The average molecular weight is 953 g/mol. The second-order valence-corrected chi connectivity index (χ2v) is 19.3. The quantitative estimate of drug-likeness (QED) is 0.144. The standard InChI is InChI=1S/C44H57BClF2N5O11.ClH/c1-42(2,3)62-40(57)31-26(47)11-10-22(34(31)59-7)18-30(45-63-29-20-23-19-28(43(23,4)5)44(29,6)64-45)50-37(54)33(25-21-27(48)35(60-8)36(61-9)32(25)46)51-41(58)53-17-16-52(38(55)39(53)56)24-12-14-49-15-13-24;/h10-11,21,23-24,28-30,33,49H,12-20H2,1-9H3,(H,50,54)(H,51,58);1H/t23-,28-,29+,30?,33?,44-;/m0./s1. The third-order valence-electron chi connectivity index (χ3n) is 13.7. The zero-order valence-corrected chi connectivity index (χ0v) is 39.6. The zero-order chi connectivity index (χ0) is 46.6. The normalized spacial score (nSPS) is 24.8. The first-order chi connectivity index (χ1) is 30.1. The maximum atomic E-state index is 15.8. The third kappa shape index (κ3) is 9.32. The van der Waals surface area contributed by atoms with Crippen LogP contribution >= 0.6 is 24.0 Å². The summed E-state index contributed by atoms with van der Waals surface area (Å²) in [7, 11) is 2.53. The number of methoxy groups -OCH3 is 3. The van der Waals surface area contributed by atoms with E-state index in [4.69, 9.17) is 39.9 Å². The lowest BCUT2D eigenvalue weighted by Gasteiger charge is -2.64. The van der Waals surface area contributed by atoms with E-state index in [1.165, 1.54) is 32.3 Å². The largest absolute Gasteiger partial charge is 0.495 e. The van der Waals surface area contributed by atoms with Crippen LogP contribution in [0.1, 0.15) is 94.8 Å². The minimum atomic E-state index is -1.85. The summed E-state index contributed by atoms with van der Waals surface area (Å²) in [5, 5.41) is 8.37. The highest BCUT2D eigenvalue weighted by Crippen LogP contribution is 2.66. The van der Waals surface area contributed by atoms with Gasteiger partial charge in [0, 0.05) is 24.7 Å². The Morgan fingerprint density at radius 2 is 1.62 bits per heavy atom. The van der Waals surface area contributed by atoms with Crippen LogP contribution in [0.15, 0.2) is 18.2 Å². The van der Waals surface area contributed by atoms with Crippen LogP contribution in [0.4, 0.5) is 13.6 Å². The second-order valence-electron chi connectivity index (χ2n) is 18.9. The fourth-order valence-electron chi connectivity index (χ4n) is 10.3. The first kappa shape index (κ1) is 50.0. The Morgan fingerprint density at radius 1 is 0.954 bits per heavy atom. The van der Waals surface area contributed by atoms with Crippen molar-refractivity contribution in [2.75, 3.05) is 47.5 Å². The van der Waals surface area contributed by atoms with Gasteiger partial charge in [-0.25, -0.2) is 18.4 Å². The van der Waals surface area contributed by atoms with Gasteiger partial charge < -0.3 is 49.1 Å². The molecule has 3 heterocycles. The first-order valence-electron chi connectivity index (χ1n) is 21.6. The van der Waals surface area contributed by atoms with Gasteiger partial charge in [-0.3, -0.25) is 19.3 Å². The predicted molar refractivity (Wildman–Crippen MR) is 236 cm³/mol. The Hall–Kier alpha value is -4.43. The summed E-state index contributed by atoms with van der Waals surface area (Å²) >= 11 is 6.82. The molecule has 6 atom stereocenters. The Bertz CT molecular complexity index is 2210. The van der Waals surface area contributed by atoms with Crippen molar-refractivity contribution in [3.8, 4) is 17.2 Å². The summed E-state index contributed by atoms with van der Waals surface area (Å²) in [5.74, 6) is -7.27. The Kier molecular flexibility index (Phi) is 14.7. The van der Waals surface area contributed by atoms with E-state index in [1.54, 1.807) is 20.8 Å². The molecular formula is C44H58BCl2F2N5O11. The number of urea groups is 1. The molecule has 3 aliphatic carbocycles. The van der Waals surface area contributed by atoms with Crippen LogP contribution in [0.2, 0.25) is 5.02 Å². The van der Waals surface area contributed by atoms with Gasteiger partial charge in [0.15, 0.2) is 17.3 Å². The molecule has 8 rings (SSSR count). The molecule has 5 amide bonds. The van der Waals surface area contributed by atoms with Crippen molar-refractivity contribution in [1.82, 2.24) is 25.8 Å². The molecule has 21 heteroatoms. The van der Waals surface area contributed by atoms with Crippen LogP contribution in [0.3, 0.4) is 0 Å². The average Bonchev–Trinajstić information content (AvgIpc) is 3.61. The van der Waals surface area contributed by atoms with Crippen molar-refractivity contribution < 1.29 is 61.0 Å². The van der Waals surface area contributed by atoms with Crippen molar-refractivity contribution in [3.05, 3.63) is 51.5 Å². The number of amides is 5. The lowest BCUT2D eigenvalue weighted by atomic mass is 9.43. The van der Waals surface area contributed by atoms with Crippen LogP contribution in [-0.4, -0.2) is 123 Å². The van der Waals surface area contributed by atoms with E-state index in [9.17, 15) is 19.2 Å². The van der Waals surface area contributed by atoms with Gasteiger partial charge in [0.2, 0.25) is 5.91 Å². The number of esters is 1. The Labute approximate surface area is 388 Å². The van der Waals surface area contributed by atoms with E-state index in [0.717, 1.165) is 18.6 Å². The predicted octanol–water partition coefficient (Wildman–Crippen LogP) is 5.19. The van der Waals surface area contributed by atoms with Gasteiger partial charge in [-0.1, -0.05) is 31.5 Å². The van der Waals surface area contributed by atoms with Crippen LogP contribution in [0.5, 0.6) is 17.2 Å². The summed E-state index contributed by atoms with van der Waals surface area (Å²) < 4.78 is 66.6. The van der Waals surface area contributed by atoms with E-state index in [1.807, 2.05) is 6.92 Å². The molecule has 6 aliphatic rings. The summed E-state index contributed by atoms with van der Waals surface area (Å²) in [5.41, 5.74) is -2.28. The molecule has 2 bridgehead atoms.